The number of rotatable bonds is 7. The molecule has 1 N–H and O–H groups in total. The summed E-state index contributed by atoms with van der Waals surface area (Å²) in [6.45, 7) is 2.94. The lowest BCUT2D eigenvalue weighted by molar-refractivity contribution is -0.149. The second-order valence-electron chi connectivity index (χ2n) is 5.11. The van der Waals surface area contributed by atoms with E-state index in [0.29, 0.717) is 11.6 Å². The van der Waals surface area contributed by atoms with Crippen LogP contribution in [0.1, 0.15) is 18.6 Å². The van der Waals surface area contributed by atoms with Gasteiger partial charge < -0.3 is 19.5 Å². The lowest BCUT2D eigenvalue weighted by atomic mass is 10.4. The first-order valence-electron chi connectivity index (χ1n) is 7.29. The van der Waals surface area contributed by atoms with Gasteiger partial charge >= 0.3 is 5.97 Å². The highest BCUT2D eigenvalue weighted by Crippen LogP contribution is 2.09. The number of nitrogens with one attached hydrogen (secondary N) is 1. The maximum atomic E-state index is 11.7. The normalized spacial score (nSPS) is 13.9. The molecular formula is C14H19N3O5S. The molecule has 9 heteroatoms. The van der Waals surface area contributed by atoms with E-state index in [-0.39, 0.29) is 29.9 Å². The first-order valence-corrected chi connectivity index (χ1v) is 8.44. The Morgan fingerprint density at radius 2 is 2.09 bits per heavy atom. The molecule has 1 aliphatic rings. The molecule has 8 nitrogen and oxygen atoms in total. The van der Waals surface area contributed by atoms with Crippen molar-refractivity contribution in [1.29, 1.82) is 0 Å². The van der Waals surface area contributed by atoms with E-state index in [1.54, 1.807) is 17.9 Å². The van der Waals surface area contributed by atoms with Crippen LogP contribution in [0.2, 0.25) is 0 Å². The summed E-state index contributed by atoms with van der Waals surface area (Å²) < 4.78 is 9.73. The molecule has 1 aliphatic heterocycles. The van der Waals surface area contributed by atoms with Crippen molar-refractivity contribution in [3.63, 3.8) is 0 Å². The van der Waals surface area contributed by atoms with Crippen LogP contribution < -0.4 is 5.32 Å². The second kappa shape index (κ2) is 8.56. The van der Waals surface area contributed by atoms with Crippen molar-refractivity contribution in [3.05, 3.63) is 11.8 Å². The third-order valence-electron chi connectivity index (χ3n) is 3.16. The quantitative estimate of drug-likeness (QED) is 0.733. The first-order chi connectivity index (χ1) is 11.0. The average Bonchev–Trinajstić information content (AvgIpc) is 3.16. The summed E-state index contributed by atoms with van der Waals surface area (Å²) in [6.07, 6.45) is 1.99. The van der Waals surface area contributed by atoms with E-state index in [4.69, 9.17) is 9.26 Å². The van der Waals surface area contributed by atoms with Gasteiger partial charge in [0.25, 0.3) is 5.91 Å². The molecule has 2 rings (SSSR count). The second-order valence-corrected chi connectivity index (χ2v) is 6.10. The SMILES string of the molecule is Cc1cc(NC(=O)CSCC(=O)OCC(=O)N2CCCC2)no1. The summed E-state index contributed by atoms with van der Waals surface area (Å²) >= 11 is 1.11. The Balaban J connectivity index is 1.57. The molecule has 0 radical (unpaired) electrons. The predicted octanol–water partition coefficient (Wildman–Crippen LogP) is 0.820. The number of nitrogens with zero attached hydrogens (tertiary/aromatic N) is 2. The number of aryl methyl sites for hydroxylation is 1. The number of hydrogen-bond donors (Lipinski definition) is 1. The van der Waals surface area contributed by atoms with E-state index in [9.17, 15) is 14.4 Å². The van der Waals surface area contributed by atoms with E-state index in [2.05, 4.69) is 10.5 Å². The zero-order valence-electron chi connectivity index (χ0n) is 12.9. The summed E-state index contributed by atoms with van der Waals surface area (Å²) in [6, 6.07) is 1.60. The van der Waals surface area contributed by atoms with Crippen molar-refractivity contribution in [2.45, 2.75) is 19.8 Å². The van der Waals surface area contributed by atoms with Gasteiger partial charge in [-0.1, -0.05) is 5.16 Å². The third kappa shape index (κ3) is 5.93. The van der Waals surface area contributed by atoms with Crippen molar-refractivity contribution in [2.24, 2.45) is 0 Å². The highest BCUT2D eigenvalue weighted by molar-refractivity contribution is 8.00. The number of anilines is 1. The van der Waals surface area contributed by atoms with Gasteiger partial charge in [0.15, 0.2) is 12.4 Å². The minimum atomic E-state index is -0.507. The van der Waals surface area contributed by atoms with E-state index in [1.807, 2.05) is 0 Å². The standard InChI is InChI=1S/C14H19N3O5S/c1-10-6-11(16-22-10)15-12(18)8-23-9-14(20)21-7-13(19)17-4-2-3-5-17/h6H,2-5,7-9H2,1H3,(H,15,16,18). The van der Waals surface area contributed by atoms with Gasteiger partial charge in [0.2, 0.25) is 5.91 Å². The molecule has 0 atom stereocenters. The molecule has 0 bridgehead atoms. The Hall–Kier alpha value is -2.03. The summed E-state index contributed by atoms with van der Waals surface area (Å²) in [5.74, 6) is 0.0718. The third-order valence-corrected chi connectivity index (χ3v) is 4.07. The van der Waals surface area contributed by atoms with Gasteiger partial charge in [0, 0.05) is 19.2 Å². The Morgan fingerprint density at radius 3 is 2.74 bits per heavy atom. The summed E-state index contributed by atoms with van der Waals surface area (Å²) in [5.41, 5.74) is 0. The zero-order valence-corrected chi connectivity index (χ0v) is 13.7. The van der Waals surface area contributed by atoms with Crippen molar-refractivity contribution in [3.8, 4) is 0 Å². The molecule has 1 fully saturated rings. The first kappa shape index (κ1) is 17.3. The number of ether oxygens (including phenoxy) is 1. The topological polar surface area (TPSA) is 102 Å². The maximum absolute atomic E-state index is 11.7. The molecule has 0 aliphatic carbocycles. The molecule has 126 valence electrons. The monoisotopic (exact) mass is 341 g/mol. The van der Waals surface area contributed by atoms with Gasteiger partial charge in [0.1, 0.15) is 5.76 Å². The highest BCUT2D eigenvalue weighted by Gasteiger charge is 2.19. The lowest BCUT2D eigenvalue weighted by Gasteiger charge is -2.14. The van der Waals surface area contributed by atoms with Crippen LogP contribution in [0, 0.1) is 6.92 Å². The van der Waals surface area contributed by atoms with E-state index in [0.717, 1.165) is 37.7 Å². The van der Waals surface area contributed by atoms with Gasteiger partial charge in [-0.15, -0.1) is 11.8 Å². The van der Waals surface area contributed by atoms with E-state index >= 15 is 0 Å². The number of hydrogen-bond acceptors (Lipinski definition) is 7. The fraction of sp³-hybridized carbons (Fsp3) is 0.571. The average molecular weight is 341 g/mol. The van der Waals surface area contributed by atoms with Gasteiger partial charge in [-0.2, -0.15) is 0 Å². The molecule has 2 amide bonds. The Morgan fingerprint density at radius 1 is 1.35 bits per heavy atom. The Kier molecular flexibility index (Phi) is 6.45. The highest BCUT2D eigenvalue weighted by atomic mass is 32.2. The van der Waals surface area contributed by atoms with Crippen LogP contribution in [0.5, 0.6) is 0 Å². The van der Waals surface area contributed by atoms with Crippen LogP contribution in [0.4, 0.5) is 5.82 Å². The van der Waals surface area contributed by atoms with Gasteiger partial charge in [-0.05, 0) is 19.8 Å². The van der Waals surface area contributed by atoms with Gasteiger partial charge in [0.05, 0.1) is 11.5 Å². The number of carbonyl (C=O) groups excluding carboxylic acids is 3. The maximum Gasteiger partial charge on any atom is 0.316 e. The van der Waals surface area contributed by atoms with Gasteiger partial charge in [-0.25, -0.2) is 0 Å². The van der Waals surface area contributed by atoms with Crippen molar-refractivity contribution >= 4 is 35.4 Å². The summed E-state index contributed by atoms with van der Waals surface area (Å²) in [7, 11) is 0. The molecule has 0 unspecified atom stereocenters. The molecule has 1 aromatic heterocycles. The van der Waals surface area contributed by atoms with Crippen molar-refractivity contribution in [2.75, 3.05) is 36.5 Å². The smallest absolute Gasteiger partial charge is 0.316 e. The molecule has 0 spiro atoms. The van der Waals surface area contributed by atoms with Gasteiger partial charge in [-0.3, -0.25) is 14.4 Å². The van der Waals surface area contributed by atoms with Crippen LogP contribution in [-0.2, 0) is 19.1 Å². The largest absolute Gasteiger partial charge is 0.455 e. The number of thioether (sulfide) groups is 1. The number of carbonyl (C=O) groups is 3. The molecule has 1 saturated heterocycles. The van der Waals surface area contributed by atoms with Crippen LogP contribution in [0.15, 0.2) is 10.6 Å². The lowest BCUT2D eigenvalue weighted by Crippen LogP contribution is -2.32. The minimum absolute atomic E-state index is 0.0124. The van der Waals surface area contributed by atoms with E-state index in [1.165, 1.54) is 0 Å². The van der Waals surface area contributed by atoms with Crippen LogP contribution in [0.3, 0.4) is 0 Å². The molecule has 1 aromatic rings. The number of amides is 2. The van der Waals surface area contributed by atoms with Crippen molar-refractivity contribution < 1.29 is 23.6 Å². The molecule has 23 heavy (non-hydrogen) atoms. The van der Waals surface area contributed by atoms with E-state index < -0.39 is 5.97 Å². The van der Waals surface area contributed by atoms with Crippen LogP contribution in [0.25, 0.3) is 0 Å². The Labute approximate surface area is 137 Å². The van der Waals surface area contributed by atoms with Crippen molar-refractivity contribution in [1.82, 2.24) is 10.1 Å². The zero-order chi connectivity index (χ0) is 16.7. The Bertz CT molecular complexity index is 569. The molecule has 2 heterocycles. The fourth-order valence-electron chi connectivity index (χ4n) is 2.07. The summed E-state index contributed by atoms with van der Waals surface area (Å²) in [4.78, 5) is 36.5. The fourth-order valence-corrected chi connectivity index (χ4v) is 2.68. The number of esters is 1. The number of aromatic nitrogens is 1. The number of likely N-dealkylation sites (tertiary alicyclic amines) is 1. The predicted molar refractivity (Wildman–Crippen MR) is 84.0 cm³/mol. The van der Waals surface area contributed by atoms with Crippen LogP contribution >= 0.6 is 11.8 Å². The summed E-state index contributed by atoms with van der Waals surface area (Å²) in [5, 5.41) is 6.18. The molecule has 0 saturated carbocycles. The minimum Gasteiger partial charge on any atom is -0.455 e. The van der Waals surface area contributed by atoms with Crippen LogP contribution in [-0.4, -0.2) is 59.0 Å². The molecule has 0 aromatic carbocycles. The molecular weight excluding hydrogens is 322 g/mol.